The Labute approximate surface area is 191 Å². The van der Waals surface area contributed by atoms with Crippen LogP contribution in [0.2, 0.25) is 5.02 Å². The highest BCUT2D eigenvalue weighted by atomic mass is 35.5. The smallest absolute Gasteiger partial charge is 0.234 e. The molecule has 31 heavy (non-hydrogen) atoms. The second kappa shape index (κ2) is 11.0. The number of carbonyl (C=O) groups is 1. The standard InChI is InChI=1S/C23H25ClN4O2S/c1-4-13-28-21(14-30-20-12-8-6-10-18(20)24)26-27-23(28)31-15-22(29)25-19-11-7-5-9-17(19)16(2)3/h4-12,16H,1,13-15H2,2-3H3,(H,25,29). The van der Waals surface area contributed by atoms with Crippen LogP contribution in [-0.2, 0) is 17.9 Å². The lowest BCUT2D eigenvalue weighted by Crippen LogP contribution is -2.16. The SMILES string of the molecule is C=CCn1c(COc2ccccc2Cl)nnc1SCC(=O)Nc1ccccc1C(C)C. The van der Waals surface area contributed by atoms with Gasteiger partial charge in [0.1, 0.15) is 12.4 Å². The van der Waals surface area contributed by atoms with Crippen LogP contribution in [0.25, 0.3) is 0 Å². The van der Waals surface area contributed by atoms with Crippen molar-refractivity contribution in [2.45, 2.75) is 38.1 Å². The summed E-state index contributed by atoms with van der Waals surface area (Å²) in [5.41, 5.74) is 1.94. The topological polar surface area (TPSA) is 69.0 Å². The van der Waals surface area contributed by atoms with E-state index in [2.05, 4.69) is 35.9 Å². The number of nitrogens with one attached hydrogen (secondary N) is 1. The number of halogens is 1. The van der Waals surface area contributed by atoms with Crippen LogP contribution in [-0.4, -0.2) is 26.4 Å². The molecule has 0 fully saturated rings. The van der Waals surface area contributed by atoms with Crippen LogP contribution in [0.4, 0.5) is 5.69 Å². The molecule has 1 heterocycles. The summed E-state index contributed by atoms with van der Waals surface area (Å²) in [6, 6.07) is 15.1. The minimum absolute atomic E-state index is 0.0971. The average Bonchev–Trinajstić information content (AvgIpc) is 3.14. The molecule has 0 radical (unpaired) electrons. The van der Waals surface area contributed by atoms with Crippen molar-refractivity contribution in [2.24, 2.45) is 0 Å². The molecule has 2 aromatic carbocycles. The highest BCUT2D eigenvalue weighted by Crippen LogP contribution is 2.26. The molecule has 1 amide bonds. The second-order valence-corrected chi connectivity index (χ2v) is 8.45. The van der Waals surface area contributed by atoms with Gasteiger partial charge in [0, 0.05) is 12.2 Å². The molecule has 0 aliphatic carbocycles. The van der Waals surface area contributed by atoms with Gasteiger partial charge in [0.15, 0.2) is 11.0 Å². The monoisotopic (exact) mass is 456 g/mol. The summed E-state index contributed by atoms with van der Waals surface area (Å²) < 4.78 is 7.66. The first-order valence-corrected chi connectivity index (χ1v) is 11.3. The molecule has 0 aliphatic rings. The fourth-order valence-electron chi connectivity index (χ4n) is 2.98. The van der Waals surface area contributed by atoms with E-state index < -0.39 is 0 Å². The van der Waals surface area contributed by atoms with Crippen molar-refractivity contribution in [3.05, 3.63) is 77.6 Å². The van der Waals surface area contributed by atoms with Crippen molar-refractivity contribution in [1.82, 2.24) is 14.8 Å². The Morgan fingerprint density at radius 1 is 1.23 bits per heavy atom. The summed E-state index contributed by atoms with van der Waals surface area (Å²) in [6.07, 6.45) is 1.76. The van der Waals surface area contributed by atoms with Crippen LogP contribution in [0.1, 0.15) is 31.2 Å². The van der Waals surface area contributed by atoms with Crippen molar-refractivity contribution in [2.75, 3.05) is 11.1 Å². The fraction of sp³-hybridized carbons (Fsp3) is 0.261. The van der Waals surface area contributed by atoms with E-state index in [1.165, 1.54) is 11.8 Å². The number of aromatic nitrogens is 3. The minimum Gasteiger partial charge on any atom is -0.484 e. The Morgan fingerprint density at radius 3 is 2.71 bits per heavy atom. The maximum Gasteiger partial charge on any atom is 0.234 e. The number of hydrogen-bond acceptors (Lipinski definition) is 5. The van der Waals surface area contributed by atoms with Gasteiger partial charge in [-0.1, -0.05) is 73.6 Å². The number of hydrogen-bond donors (Lipinski definition) is 1. The summed E-state index contributed by atoms with van der Waals surface area (Å²) in [5.74, 6) is 1.65. The summed E-state index contributed by atoms with van der Waals surface area (Å²) in [6.45, 7) is 8.72. The van der Waals surface area contributed by atoms with E-state index in [0.717, 1.165) is 11.3 Å². The number of allylic oxidation sites excluding steroid dienone is 1. The molecule has 1 N–H and O–H groups in total. The van der Waals surface area contributed by atoms with Gasteiger partial charge in [0.2, 0.25) is 5.91 Å². The average molecular weight is 457 g/mol. The van der Waals surface area contributed by atoms with Crippen LogP contribution in [0.5, 0.6) is 5.75 Å². The third-order valence-electron chi connectivity index (χ3n) is 4.49. The fourth-order valence-corrected chi connectivity index (χ4v) is 3.94. The summed E-state index contributed by atoms with van der Waals surface area (Å²) in [7, 11) is 0. The molecule has 0 saturated heterocycles. The van der Waals surface area contributed by atoms with Gasteiger partial charge in [-0.05, 0) is 29.7 Å². The van der Waals surface area contributed by atoms with E-state index in [0.29, 0.717) is 34.2 Å². The first-order chi connectivity index (χ1) is 15.0. The molecular formula is C23H25ClN4O2S. The second-order valence-electron chi connectivity index (χ2n) is 7.10. The number of rotatable bonds is 10. The van der Waals surface area contributed by atoms with E-state index >= 15 is 0 Å². The van der Waals surface area contributed by atoms with Crippen LogP contribution in [0, 0.1) is 0 Å². The number of benzene rings is 2. The number of ether oxygens (including phenoxy) is 1. The molecule has 1 aromatic heterocycles. The molecule has 0 aliphatic heterocycles. The van der Waals surface area contributed by atoms with Gasteiger partial charge in [0.05, 0.1) is 10.8 Å². The van der Waals surface area contributed by atoms with Crippen molar-refractivity contribution >= 4 is 35.0 Å². The Bertz CT molecular complexity index is 1050. The molecule has 0 bridgehead atoms. The van der Waals surface area contributed by atoms with Crippen molar-refractivity contribution < 1.29 is 9.53 Å². The third kappa shape index (κ3) is 6.12. The molecule has 3 rings (SSSR count). The predicted octanol–water partition coefficient (Wildman–Crippen LogP) is 5.55. The van der Waals surface area contributed by atoms with E-state index in [9.17, 15) is 4.79 Å². The molecule has 6 nitrogen and oxygen atoms in total. The van der Waals surface area contributed by atoms with Crippen LogP contribution in [0.15, 0.2) is 66.3 Å². The number of thioether (sulfide) groups is 1. The van der Waals surface area contributed by atoms with Gasteiger partial charge >= 0.3 is 0 Å². The normalized spacial score (nSPS) is 10.8. The van der Waals surface area contributed by atoms with Gasteiger partial charge in [-0.3, -0.25) is 9.36 Å². The predicted molar refractivity (Wildman–Crippen MR) is 126 cm³/mol. The molecule has 0 saturated carbocycles. The maximum atomic E-state index is 12.5. The zero-order chi connectivity index (χ0) is 22.2. The zero-order valence-corrected chi connectivity index (χ0v) is 19.1. The first-order valence-electron chi connectivity index (χ1n) is 9.91. The molecule has 162 valence electrons. The summed E-state index contributed by atoms with van der Waals surface area (Å²) in [5, 5.41) is 12.6. The molecule has 3 aromatic rings. The van der Waals surface area contributed by atoms with Gasteiger partial charge in [-0.2, -0.15) is 0 Å². The number of nitrogens with zero attached hydrogens (tertiary/aromatic N) is 3. The molecule has 8 heteroatoms. The van der Waals surface area contributed by atoms with E-state index in [1.807, 2.05) is 41.0 Å². The Balaban J connectivity index is 1.64. The highest BCUT2D eigenvalue weighted by Gasteiger charge is 2.15. The summed E-state index contributed by atoms with van der Waals surface area (Å²) >= 11 is 7.47. The first kappa shape index (κ1) is 22.9. The zero-order valence-electron chi connectivity index (χ0n) is 17.5. The lowest BCUT2D eigenvalue weighted by atomic mass is 10.0. The lowest BCUT2D eigenvalue weighted by molar-refractivity contribution is -0.113. The van der Waals surface area contributed by atoms with E-state index in [-0.39, 0.29) is 18.3 Å². The van der Waals surface area contributed by atoms with Crippen LogP contribution < -0.4 is 10.1 Å². The Hall–Kier alpha value is -2.77. The number of carbonyl (C=O) groups excluding carboxylic acids is 1. The molecule has 0 spiro atoms. The van der Waals surface area contributed by atoms with E-state index in [4.69, 9.17) is 16.3 Å². The molecule has 0 atom stereocenters. The van der Waals surface area contributed by atoms with Gasteiger partial charge in [-0.15, -0.1) is 16.8 Å². The number of para-hydroxylation sites is 2. The number of anilines is 1. The molecular weight excluding hydrogens is 432 g/mol. The maximum absolute atomic E-state index is 12.5. The van der Waals surface area contributed by atoms with E-state index in [1.54, 1.807) is 18.2 Å². The quantitative estimate of drug-likeness (QED) is 0.320. The van der Waals surface area contributed by atoms with Gasteiger partial charge < -0.3 is 10.1 Å². The van der Waals surface area contributed by atoms with Crippen molar-refractivity contribution in [3.8, 4) is 5.75 Å². The summed E-state index contributed by atoms with van der Waals surface area (Å²) in [4.78, 5) is 12.5. The Morgan fingerprint density at radius 2 is 1.97 bits per heavy atom. The molecule has 0 unspecified atom stereocenters. The highest BCUT2D eigenvalue weighted by molar-refractivity contribution is 7.99. The number of amides is 1. The van der Waals surface area contributed by atoms with Crippen LogP contribution in [0.3, 0.4) is 0 Å². The van der Waals surface area contributed by atoms with Gasteiger partial charge in [0.25, 0.3) is 0 Å². The van der Waals surface area contributed by atoms with Crippen molar-refractivity contribution in [1.29, 1.82) is 0 Å². The van der Waals surface area contributed by atoms with Crippen molar-refractivity contribution in [3.63, 3.8) is 0 Å². The third-order valence-corrected chi connectivity index (χ3v) is 5.77. The van der Waals surface area contributed by atoms with Crippen LogP contribution >= 0.6 is 23.4 Å². The Kier molecular flexibility index (Phi) is 8.14. The minimum atomic E-state index is -0.0971. The van der Waals surface area contributed by atoms with Gasteiger partial charge in [-0.25, -0.2) is 0 Å². The lowest BCUT2D eigenvalue weighted by Gasteiger charge is -2.13. The largest absolute Gasteiger partial charge is 0.484 e.